The van der Waals surface area contributed by atoms with Crippen LogP contribution in [0.5, 0.6) is 23.0 Å². The lowest BCUT2D eigenvalue weighted by atomic mass is 9.94. The number of benzene rings is 6. The van der Waals surface area contributed by atoms with Crippen LogP contribution in [0.15, 0.2) is 133 Å². The third kappa shape index (κ3) is 16.9. The molecule has 0 aliphatic rings. The molecule has 6 aromatic rings. The monoisotopic (exact) mass is 940 g/mol. The fraction of sp³-hybridized carbons (Fsp3) is 0.333. The number of nitrogens with zero attached hydrogens (tertiary/aromatic N) is 2. The zero-order valence-corrected chi connectivity index (χ0v) is 40.1. The van der Waals surface area contributed by atoms with Gasteiger partial charge in [0.1, 0.15) is 23.0 Å². The molecule has 0 bridgehead atoms. The molecule has 0 atom stereocenters. The van der Waals surface area contributed by atoms with Crippen LogP contribution in [0, 0.1) is 22.7 Å². The second-order valence-electron chi connectivity index (χ2n) is 17.5. The van der Waals surface area contributed by atoms with Crippen LogP contribution < -0.4 is 9.47 Å². The molecule has 0 radical (unpaired) electrons. The van der Waals surface area contributed by atoms with Crippen LogP contribution in [0.3, 0.4) is 0 Å². The van der Waals surface area contributed by atoms with Gasteiger partial charge in [-0.2, -0.15) is 10.5 Å². The Morgan fingerprint density at radius 1 is 0.371 bits per heavy atom. The van der Waals surface area contributed by atoms with E-state index in [9.17, 15) is 19.8 Å². The van der Waals surface area contributed by atoms with Crippen molar-refractivity contribution in [1.29, 1.82) is 10.5 Å². The Hall–Kier alpha value is -7.56. The van der Waals surface area contributed by atoms with Gasteiger partial charge in [-0.05, 0) is 144 Å². The van der Waals surface area contributed by atoms with Gasteiger partial charge in [-0.1, -0.05) is 126 Å². The number of hydrogen-bond donors (Lipinski definition) is 2. The van der Waals surface area contributed by atoms with Crippen LogP contribution in [0.4, 0.5) is 0 Å². The van der Waals surface area contributed by atoms with E-state index < -0.39 is 11.9 Å². The molecule has 0 saturated carbocycles. The number of ether oxygens (including phenoxy) is 4. The first-order chi connectivity index (χ1) is 34.3. The second kappa shape index (κ2) is 28.7. The summed E-state index contributed by atoms with van der Waals surface area (Å²) < 4.78 is 23.2. The van der Waals surface area contributed by atoms with E-state index in [-0.39, 0.29) is 35.8 Å². The fourth-order valence-corrected chi connectivity index (χ4v) is 8.23. The molecular formula is C60H64N2O8. The van der Waals surface area contributed by atoms with Crippen molar-refractivity contribution in [2.45, 2.75) is 103 Å². The number of rotatable bonds is 29. The minimum atomic E-state index is -0.598. The zero-order chi connectivity index (χ0) is 49.2. The van der Waals surface area contributed by atoms with Crippen molar-refractivity contribution in [3.8, 4) is 68.5 Å². The highest BCUT2D eigenvalue weighted by Crippen LogP contribution is 2.33. The predicted octanol–water partition coefficient (Wildman–Crippen LogP) is 14.6. The summed E-state index contributed by atoms with van der Waals surface area (Å²) in [7, 11) is 0. The third-order valence-corrected chi connectivity index (χ3v) is 12.2. The predicted molar refractivity (Wildman–Crippen MR) is 274 cm³/mol. The molecule has 0 aromatic heterocycles. The van der Waals surface area contributed by atoms with Gasteiger partial charge < -0.3 is 29.2 Å². The van der Waals surface area contributed by atoms with Crippen LogP contribution in [0.25, 0.3) is 33.4 Å². The molecule has 10 nitrogen and oxygen atoms in total. The van der Waals surface area contributed by atoms with Crippen molar-refractivity contribution in [2.24, 2.45) is 0 Å². The number of hydrogen-bond acceptors (Lipinski definition) is 10. The van der Waals surface area contributed by atoms with E-state index in [0.717, 1.165) is 124 Å². The standard InChI is InChI=1S/C60H64N2O8/c61-43-45-17-21-47(22-18-45)49-25-31-53(32-26-49)67-37-13-9-5-1-3-7-11-15-39-69-59(65)57-41-51(63)29-35-55(57)56-36-30-52(64)42-58(56)60(66)70-40-16-12-8-4-2-6-10-14-38-68-54-33-27-50(28-34-54)48-23-19-46(44-62)20-24-48/h17-36,41-42,63-64H,1-16,37-40H2. The molecule has 0 aliphatic heterocycles. The van der Waals surface area contributed by atoms with Crippen LogP contribution in [-0.2, 0) is 9.47 Å². The number of nitriles is 2. The maximum Gasteiger partial charge on any atom is 0.338 e. The first kappa shape index (κ1) is 51.8. The fourth-order valence-electron chi connectivity index (χ4n) is 8.23. The number of phenols is 2. The summed E-state index contributed by atoms with van der Waals surface area (Å²) in [5, 5.41) is 38.7. The van der Waals surface area contributed by atoms with E-state index in [0.29, 0.717) is 48.3 Å². The molecule has 0 aliphatic carbocycles. The molecule has 0 spiro atoms. The lowest BCUT2D eigenvalue weighted by molar-refractivity contribution is 0.0486. The van der Waals surface area contributed by atoms with Crippen molar-refractivity contribution < 1.29 is 38.7 Å². The second-order valence-corrected chi connectivity index (χ2v) is 17.5. The van der Waals surface area contributed by atoms with E-state index in [1.165, 1.54) is 24.3 Å². The highest BCUT2D eigenvalue weighted by Gasteiger charge is 2.22. The summed E-state index contributed by atoms with van der Waals surface area (Å²) in [6.07, 6.45) is 16.2. The minimum Gasteiger partial charge on any atom is -0.508 e. The lowest BCUT2D eigenvalue weighted by Crippen LogP contribution is -2.11. The summed E-state index contributed by atoms with van der Waals surface area (Å²) in [4.78, 5) is 26.7. The van der Waals surface area contributed by atoms with Gasteiger partial charge in [-0.25, -0.2) is 9.59 Å². The van der Waals surface area contributed by atoms with Gasteiger partial charge in [0.2, 0.25) is 0 Å². The molecule has 2 N–H and O–H groups in total. The van der Waals surface area contributed by atoms with E-state index >= 15 is 0 Å². The Labute approximate surface area is 413 Å². The van der Waals surface area contributed by atoms with Crippen LogP contribution >= 0.6 is 0 Å². The highest BCUT2D eigenvalue weighted by molar-refractivity contribution is 6.03. The largest absolute Gasteiger partial charge is 0.508 e. The number of esters is 2. The molecule has 0 saturated heterocycles. The van der Waals surface area contributed by atoms with Crippen LogP contribution in [-0.4, -0.2) is 48.6 Å². The Morgan fingerprint density at radius 2 is 0.657 bits per heavy atom. The normalized spacial score (nSPS) is 10.8. The smallest absolute Gasteiger partial charge is 0.338 e. The number of unbranched alkanes of at least 4 members (excludes halogenated alkanes) is 14. The molecular weight excluding hydrogens is 877 g/mol. The lowest BCUT2D eigenvalue weighted by Gasteiger charge is -2.14. The number of phenolic OH excluding ortho intramolecular Hbond substituents is 2. The van der Waals surface area contributed by atoms with Gasteiger partial charge >= 0.3 is 11.9 Å². The Morgan fingerprint density at radius 3 is 0.971 bits per heavy atom. The van der Waals surface area contributed by atoms with Crippen LogP contribution in [0.2, 0.25) is 0 Å². The van der Waals surface area contributed by atoms with E-state index in [1.807, 2.05) is 97.1 Å². The maximum absolute atomic E-state index is 13.4. The molecule has 362 valence electrons. The van der Waals surface area contributed by atoms with Gasteiger partial charge in [-0.15, -0.1) is 0 Å². The average molecular weight is 941 g/mol. The average Bonchev–Trinajstić information content (AvgIpc) is 3.39. The van der Waals surface area contributed by atoms with Crippen LogP contribution in [0.1, 0.15) is 135 Å². The molecule has 0 fully saturated rings. The molecule has 0 heterocycles. The topological polar surface area (TPSA) is 159 Å². The Balaban J connectivity index is 0.804. The molecule has 0 amide bonds. The molecule has 70 heavy (non-hydrogen) atoms. The quantitative estimate of drug-likeness (QED) is 0.0342. The summed E-state index contributed by atoms with van der Waals surface area (Å²) >= 11 is 0. The number of carbonyl (C=O) groups excluding carboxylic acids is 2. The number of carbonyl (C=O) groups is 2. The van der Waals surface area contributed by atoms with Crippen molar-refractivity contribution in [2.75, 3.05) is 26.4 Å². The number of aromatic hydroxyl groups is 2. The van der Waals surface area contributed by atoms with Gasteiger partial charge in [0.05, 0.1) is 60.8 Å². The van der Waals surface area contributed by atoms with Gasteiger partial charge in [-0.3, -0.25) is 0 Å². The minimum absolute atomic E-state index is 0.103. The van der Waals surface area contributed by atoms with E-state index in [1.54, 1.807) is 12.1 Å². The first-order valence-electron chi connectivity index (χ1n) is 24.8. The van der Waals surface area contributed by atoms with Crippen molar-refractivity contribution in [3.05, 3.63) is 156 Å². The van der Waals surface area contributed by atoms with Crippen molar-refractivity contribution >= 4 is 11.9 Å². The summed E-state index contributed by atoms with van der Waals surface area (Å²) in [6.45, 7) is 1.81. The van der Waals surface area contributed by atoms with Gasteiger partial charge in [0.25, 0.3) is 0 Å². The third-order valence-electron chi connectivity index (χ3n) is 12.2. The molecule has 10 heteroatoms. The Bertz CT molecular complexity index is 2450. The van der Waals surface area contributed by atoms with Gasteiger partial charge in [0, 0.05) is 0 Å². The Kier molecular flexibility index (Phi) is 21.2. The molecule has 6 aromatic carbocycles. The van der Waals surface area contributed by atoms with Gasteiger partial charge in [0.15, 0.2) is 0 Å². The van der Waals surface area contributed by atoms with E-state index in [2.05, 4.69) is 12.1 Å². The van der Waals surface area contributed by atoms with Crippen molar-refractivity contribution in [3.63, 3.8) is 0 Å². The SMILES string of the molecule is N#Cc1ccc(-c2ccc(OCCCCCCCCCCOC(=O)c3cc(O)ccc3-c3ccc(O)cc3C(=O)OCCCCCCCCCCOc3ccc(-c4ccc(C#N)cc4)cc3)cc2)cc1. The summed E-state index contributed by atoms with van der Waals surface area (Å²) in [6, 6.07) is 44.2. The molecule has 6 rings (SSSR count). The molecule has 0 unspecified atom stereocenters. The highest BCUT2D eigenvalue weighted by atomic mass is 16.5. The van der Waals surface area contributed by atoms with Crippen molar-refractivity contribution in [1.82, 2.24) is 0 Å². The maximum atomic E-state index is 13.4. The summed E-state index contributed by atoms with van der Waals surface area (Å²) in [5.41, 5.74) is 6.64. The first-order valence-corrected chi connectivity index (χ1v) is 24.8. The summed E-state index contributed by atoms with van der Waals surface area (Å²) in [5.74, 6) is 0.294. The van der Waals surface area contributed by atoms with E-state index in [4.69, 9.17) is 29.5 Å². The zero-order valence-electron chi connectivity index (χ0n) is 40.1.